The molecule has 0 unspecified atom stereocenters. The Kier molecular flexibility index (Phi) is 5.90. The summed E-state index contributed by atoms with van der Waals surface area (Å²) in [6, 6.07) is 8.07. The average Bonchev–Trinajstić information content (AvgIpc) is 2.55. The van der Waals surface area contributed by atoms with Crippen LogP contribution in [0.2, 0.25) is 0 Å². The van der Waals surface area contributed by atoms with E-state index in [-0.39, 0.29) is 0 Å². The van der Waals surface area contributed by atoms with Gasteiger partial charge in [-0.15, -0.1) is 11.8 Å². The zero-order valence-electron chi connectivity index (χ0n) is 12.6. The minimum absolute atomic E-state index is 0.760. The quantitative estimate of drug-likeness (QED) is 0.796. The van der Waals surface area contributed by atoms with Crippen LogP contribution < -0.4 is 14.8 Å². The Bertz CT molecular complexity index is 576. The molecule has 0 bridgehead atoms. The number of aromatic nitrogens is 1. The normalized spacial score (nSPS) is 10.4. The predicted molar refractivity (Wildman–Crippen MR) is 86.1 cm³/mol. The second-order valence-corrected chi connectivity index (χ2v) is 5.33. The maximum Gasteiger partial charge on any atom is 0.161 e. The minimum Gasteiger partial charge on any atom is -0.493 e. The van der Waals surface area contributed by atoms with Crippen molar-refractivity contribution in [2.45, 2.75) is 18.0 Å². The number of hydrogen-bond acceptors (Lipinski definition) is 5. The summed E-state index contributed by atoms with van der Waals surface area (Å²) in [5, 5.41) is 3.44. The van der Waals surface area contributed by atoms with Gasteiger partial charge in [0.05, 0.1) is 14.2 Å². The maximum absolute atomic E-state index is 5.37. The molecule has 112 valence electrons. The number of nitrogens with zero attached hydrogens (tertiary/aromatic N) is 1. The molecular formula is C16H20N2O2S. The molecule has 0 atom stereocenters. The van der Waals surface area contributed by atoms with E-state index in [9.17, 15) is 0 Å². The van der Waals surface area contributed by atoms with Crippen LogP contribution in [0.4, 0.5) is 0 Å². The van der Waals surface area contributed by atoms with Crippen molar-refractivity contribution in [1.82, 2.24) is 10.3 Å². The van der Waals surface area contributed by atoms with E-state index in [1.54, 1.807) is 38.4 Å². The predicted octanol–water partition coefficient (Wildman–Crippen LogP) is 3.11. The van der Waals surface area contributed by atoms with Gasteiger partial charge < -0.3 is 14.8 Å². The third-order valence-electron chi connectivity index (χ3n) is 3.18. The fourth-order valence-electron chi connectivity index (χ4n) is 2.07. The van der Waals surface area contributed by atoms with Gasteiger partial charge in [-0.1, -0.05) is 0 Å². The molecule has 1 N–H and O–H groups in total. The number of rotatable bonds is 7. The van der Waals surface area contributed by atoms with Gasteiger partial charge in [0.2, 0.25) is 0 Å². The number of ether oxygens (including phenoxy) is 2. The molecule has 1 heterocycles. The van der Waals surface area contributed by atoms with E-state index in [4.69, 9.17) is 9.47 Å². The van der Waals surface area contributed by atoms with E-state index in [2.05, 4.69) is 16.6 Å². The van der Waals surface area contributed by atoms with Crippen molar-refractivity contribution in [1.29, 1.82) is 0 Å². The zero-order valence-corrected chi connectivity index (χ0v) is 13.4. The first-order chi connectivity index (χ1) is 10.3. The molecule has 21 heavy (non-hydrogen) atoms. The summed E-state index contributed by atoms with van der Waals surface area (Å²) in [5.41, 5.74) is 2.42. The van der Waals surface area contributed by atoms with Crippen molar-refractivity contribution in [3.8, 4) is 11.5 Å². The van der Waals surface area contributed by atoms with Crippen molar-refractivity contribution in [3.05, 3.63) is 47.8 Å². The molecule has 2 aromatic rings. The summed E-state index contributed by atoms with van der Waals surface area (Å²) < 4.78 is 10.7. The molecule has 0 saturated heterocycles. The molecule has 0 fully saturated rings. The van der Waals surface area contributed by atoms with Gasteiger partial charge in [0.1, 0.15) is 0 Å². The molecular weight excluding hydrogens is 284 g/mol. The lowest BCUT2D eigenvalue weighted by molar-refractivity contribution is 0.353. The lowest BCUT2D eigenvalue weighted by Gasteiger charge is -2.14. The largest absolute Gasteiger partial charge is 0.493 e. The number of hydrogen-bond donors (Lipinski definition) is 1. The second kappa shape index (κ2) is 7.90. The first kappa shape index (κ1) is 15.7. The van der Waals surface area contributed by atoms with E-state index >= 15 is 0 Å². The number of benzene rings is 1. The summed E-state index contributed by atoms with van der Waals surface area (Å²) in [6.07, 6.45) is 5.68. The molecule has 0 aliphatic rings. The van der Waals surface area contributed by atoms with Crippen molar-refractivity contribution < 1.29 is 9.47 Å². The first-order valence-electron chi connectivity index (χ1n) is 6.67. The van der Waals surface area contributed by atoms with Crippen molar-refractivity contribution in [2.24, 2.45) is 0 Å². The summed E-state index contributed by atoms with van der Waals surface area (Å²) >= 11 is 1.70. The number of thioether (sulfide) groups is 1. The Labute approximate surface area is 129 Å². The fourth-order valence-corrected chi connectivity index (χ4v) is 2.69. The van der Waals surface area contributed by atoms with Crippen LogP contribution in [0.3, 0.4) is 0 Å². The maximum atomic E-state index is 5.37. The molecule has 1 aromatic carbocycles. The van der Waals surface area contributed by atoms with Crippen molar-refractivity contribution in [3.63, 3.8) is 0 Å². The van der Waals surface area contributed by atoms with Crippen LogP contribution in [0.15, 0.2) is 41.6 Å². The van der Waals surface area contributed by atoms with Gasteiger partial charge >= 0.3 is 0 Å². The smallest absolute Gasteiger partial charge is 0.161 e. The SMILES string of the molecule is COc1cc(CNCc2ccncc2)c(SC)cc1OC. The third kappa shape index (κ3) is 4.12. The molecule has 0 spiro atoms. The monoisotopic (exact) mass is 304 g/mol. The third-order valence-corrected chi connectivity index (χ3v) is 4.00. The Morgan fingerprint density at radius 3 is 2.33 bits per heavy atom. The Morgan fingerprint density at radius 1 is 1.05 bits per heavy atom. The van der Waals surface area contributed by atoms with Crippen LogP contribution in [-0.4, -0.2) is 25.5 Å². The van der Waals surface area contributed by atoms with E-state index in [0.29, 0.717) is 0 Å². The topological polar surface area (TPSA) is 43.4 Å². The summed E-state index contributed by atoms with van der Waals surface area (Å²) in [7, 11) is 3.31. The Hall–Kier alpha value is -1.72. The molecule has 0 aliphatic carbocycles. The average molecular weight is 304 g/mol. The van der Waals surface area contributed by atoms with Gasteiger partial charge in [0.15, 0.2) is 11.5 Å². The van der Waals surface area contributed by atoms with Crippen molar-refractivity contribution >= 4 is 11.8 Å². The summed E-state index contributed by atoms with van der Waals surface area (Å²) in [5.74, 6) is 1.52. The van der Waals surface area contributed by atoms with E-state index in [0.717, 1.165) is 24.6 Å². The Balaban J connectivity index is 2.08. The van der Waals surface area contributed by atoms with Gasteiger partial charge in [-0.05, 0) is 41.6 Å². The molecule has 4 nitrogen and oxygen atoms in total. The molecule has 0 aliphatic heterocycles. The Morgan fingerprint density at radius 2 is 1.71 bits per heavy atom. The lowest BCUT2D eigenvalue weighted by Crippen LogP contribution is -2.13. The van der Waals surface area contributed by atoms with E-state index in [1.165, 1.54) is 16.0 Å². The standard InChI is InChI=1S/C16H20N2O2S/c1-19-14-8-13(16(21-3)9-15(14)20-2)11-18-10-12-4-6-17-7-5-12/h4-9,18H,10-11H2,1-3H3. The minimum atomic E-state index is 0.760. The number of pyridine rings is 1. The molecule has 0 saturated carbocycles. The summed E-state index contributed by atoms with van der Waals surface area (Å²) in [6.45, 7) is 1.59. The van der Waals surface area contributed by atoms with Gasteiger partial charge in [-0.25, -0.2) is 0 Å². The fraction of sp³-hybridized carbons (Fsp3) is 0.312. The highest BCUT2D eigenvalue weighted by molar-refractivity contribution is 7.98. The van der Waals surface area contributed by atoms with Gasteiger partial charge in [-0.2, -0.15) is 0 Å². The highest BCUT2D eigenvalue weighted by Crippen LogP contribution is 2.34. The van der Waals surface area contributed by atoms with Crippen LogP contribution in [0.25, 0.3) is 0 Å². The molecule has 0 radical (unpaired) electrons. The second-order valence-electron chi connectivity index (χ2n) is 4.48. The first-order valence-corrected chi connectivity index (χ1v) is 7.89. The zero-order chi connectivity index (χ0) is 15.1. The van der Waals surface area contributed by atoms with E-state index < -0.39 is 0 Å². The van der Waals surface area contributed by atoms with Gasteiger partial charge in [0, 0.05) is 30.4 Å². The summed E-state index contributed by atoms with van der Waals surface area (Å²) in [4.78, 5) is 5.21. The highest BCUT2D eigenvalue weighted by atomic mass is 32.2. The van der Waals surface area contributed by atoms with Crippen molar-refractivity contribution in [2.75, 3.05) is 20.5 Å². The van der Waals surface area contributed by atoms with E-state index in [1.807, 2.05) is 24.3 Å². The van der Waals surface area contributed by atoms with Crippen LogP contribution in [0.1, 0.15) is 11.1 Å². The molecule has 5 heteroatoms. The van der Waals surface area contributed by atoms with Gasteiger partial charge in [-0.3, -0.25) is 4.98 Å². The van der Waals surface area contributed by atoms with Crippen LogP contribution >= 0.6 is 11.8 Å². The lowest BCUT2D eigenvalue weighted by atomic mass is 10.2. The van der Waals surface area contributed by atoms with Gasteiger partial charge in [0.25, 0.3) is 0 Å². The van der Waals surface area contributed by atoms with Crippen LogP contribution in [0.5, 0.6) is 11.5 Å². The molecule has 2 rings (SSSR count). The molecule has 1 aromatic heterocycles. The highest BCUT2D eigenvalue weighted by Gasteiger charge is 2.10. The number of nitrogens with one attached hydrogen (secondary N) is 1. The van der Waals surface area contributed by atoms with Crippen LogP contribution in [0, 0.1) is 0 Å². The van der Waals surface area contributed by atoms with Crippen LogP contribution in [-0.2, 0) is 13.1 Å². The number of methoxy groups -OCH3 is 2. The molecule has 0 amide bonds.